The number of nitrogens with one attached hydrogen (secondary N) is 1. The Morgan fingerprint density at radius 1 is 1.14 bits per heavy atom. The van der Waals surface area contributed by atoms with Crippen molar-refractivity contribution in [3.05, 3.63) is 59.4 Å². The van der Waals surface area contributed by atoms with Gasteiger partial charge in [-0.15, -0.1) is 0 Å². The SMILES string of the molecule is CC(C)(COc1ccn(-c2ccc(C(=O)NS(=O)(=O)c3ccc[c]([Ge]([CH3])([CH3])[CH3])c3)c(Cl)n2)n1)C(F)(F)F. The zero-order chi connectivity index (χ0) is 27.8. The number of halogens is 4. The van der Waals surface area contributed by atoms with Crippen LogP contribution in [0.1, 0.15) is 24.2 Å². The van der Waals surface area contributed by atoms with Crippen molar-refractivity contribution in [2.45, 2.75) is 42.2 Å². The Bertz CT molecular complexity index is 1420. The molecular weight excluding hydrogens is 593 g/mol. The van der Waals surface area contributed by atoms with Gasteiger partial charge in [0.15, 0.2) is 0 Å². The van der Waals surface area contributed by atoms with Gasteiger partial charge >= 0.3 is 165 Å². The average Bonchev–Trinajstić information content (AvgIpc) is 3.25. The van der Waals surface area contributed by atoms with Gasteiger partial charge in [0.25, 0.3) is 0 Å². The maximum atomic E-state index is 13.0. The number of alkyl halides is 3. The fourth-order valence-electron chi connectivity index (χ4n) is 2.94. The molecule has 0 saturated heterocycles. The topological polar surface area (TPSA) is 103 Å². The molecule has 8 nitrogen and oxygen atoms in total. The van der Waals surface area contributed by atoms with E-state index in [9.17, 15) is 26.4 Å². The molecule has 0 spiro atoms. The van der Waals surface area contributed by atoms with E-state index in [2.05, 4.69) is 27.4 Å². The number of carbonyl (C=O) groups is 1. The van der Waals surface area contributed by atoms with Gasteiger partial charge < -0.3 is 4.74 Å². The summed E-state index contributed by atoms with van der Waals surface area (Å²) in [5, 5.41) is 3.73. The molecule has 0 aliphatic heterocycles. The number of nitrogens with zero attached hydrogens (tertiary/aromatic N) is 3. The Morgan fingerprint density at radius 3 is 2.41 bits per heavy atom. The summed E-state index contributed by atoms with van der Waals surface area (Å²) >= 11 is 3.84. The summed E-state index contributed by atoms with van der Waals surface area (Å²) in [6.45, 7) is 1.38. The van der Waals surface area contributed by atoms with Gasteiger partial charge in [-0.2, -0.15) is 13.2 Å². The third-order valence-electron chi connectivity index (χ3n) is 5.46. The van der Waals surface area contributed by atoms with Gasteiger partial charge in [-0.1, -0.05) is 0 Å². The first-order chi connectivity index (χ1) is 16.9. The Morgan fingerprint density at radius 2 is 1.81 bits per heavy atom. The molecule has 0 bridgehead atoms. The van der Waals surface area contributed by atoms with Crippen molar-refractivity contribution in [3.63, 3.8) is 0 Å². The molecule has 2 aromatic heterocycles. The maximum absolute atomic E-state index is 13.0. The van der Waals surface area contributed by atoms with Crippen molar-refractivity contribution in [1.29, 1.82) is 0 Å². The second-order valence-electron chi connectivity index (χ2n) is 9.99. The number of pyridine rings is 1. The number of carbonyl (C=O) groups excluding carboxylic acids is 1. The molecule has 0 aliphatic rings. The van der Waals surface area contributed by atoms with Crippen LogP contribution in [0.15, 0.2) is 53.6 Å². The predicted octanol–water partition coefficient (Wildman–Crippen LogP) is 4.55. The molecular formula is C23H26ClF3GeN4O4S. The Balaban J connectivity index is 1.75. The predicted molar refractivity (Wildman–Crippen MR) is 136 cm³/mol. The summed E-state index contributed by atoms with van der Waals surface area (Å²) < 4.78 is 74.0. The molecule has 3 rings (SSSR count). The number of ether oxygens (including phenoxy) is 1. The molecule has 1 N–H and O–H groups in total. The molecule has 37 heavy (non-hydrogen) atoms. The smallest absolute Gasteiger partial charge is 0.170 e. The number of aromatic nitrogens is 3. The van der Waals surface area contributed by atoms with E-state index in [0.29, 0.717) is 0 Å². The van der Waals surface area contributed by atoms with Crippen LogP contribution in [0.4, 0.5) is 13.2 Å². The second-order valence-corrected chi connectivity index (χ2v) is 22.7. The van der Waals surface area contributed by atoms with Crippen molar-refractivity contribution in [2.75, 3.05) is 6.61 Å². The van der Waals surface area contributed by atoms with E-state index in [1.54, 1.807) is 12.1 Å². The van der Waals surface area contributed by atoms with Gasteiger partial charge in [0.1, 0.15) is 6.61 Å². The molecule has 1 amide bonds. The van der Waals surface area contributed by atoms with Crippen molar-refractivity contribution in [2.24, 2.45) is 5.41 Å². The van der Waals surface area contributed by atoms with Crippen molar-refractivity contribution in [1.82, 2.24) is 19.5 Å². The molecule has 3 aromatic rings. The summed E-state index contributed by atoms with van der Waals surface area (Å²) in [5.41, 5.74) is -2.26. The molecule has 0 aliphatic carbocycles. The number of hydrogen-bond donors (Lipinski definition) is 1. The fraction of sp³-hybridized carbons (Fsp3) is 0.348. The van der Waals surface area contributed by atoms with E-state index >= 15 is 0 Å². The Kier molecular flexibility index (Phi) is 8.06. The Labute approximate surface area is 220 Å². The Hall–Kier alpha value is -2.58. The molecule has 0 atom stereocenters. The van der Waals surface area contributed by atoms with Crippen LogP contribution < -0.4 is 13.9 Å². The fourth-order valence-corrected chi connectivity index (χ4v) is 6.89. The minimum atomic E-state index is -4.45. The summed E-state index contributed by atoms with van der Waals surface area (Å²) in [6, 6.07) is 10.5. The van der Waals surface area contributed by atoms with Gasteiger partial charge in [0, 0.05) is 6.07 Å². The first-order valence-electron chi connectivity index (χ1n) is 11.0. The van der Waals surface area contributed by atoms with E-state index in [0.717, 1.165) is 18.2 Å². The molecule has 0 radical (unpaired) electrons. The number of sulfonamides is 1. The van der Waals surface area contributed by atoms with E-state index in [1.807, 2.05) is 10.8 Å². The molecule has 0 unspecified atom stereocenters. The molecule has 200 valence electrons. The minimum absolute atomic E-state index is 0.0302. The van der Waals surface area contributed by atoms with Crippen LogP contribution >= 0.6 is 11.6 Å². The minimum Gasteiger partial charge on any atom is -0.170 e. The molecule has 1 aromatic carbocycles. The van der Waals surface area contributed by atoms with Gasteiger partial charge in [-0.05, 0) is 13.8 Å². The first-order valence-corrected chi connectivity index (χ1v) is 20.2. The second kappa shape index (κ2) is 10.3. The monoisotopic (exact) mass is 620 g/mol. The zero-order valence-corrected chi connectivity index (χ0v) is 24.4. The first kappa shape index (κ1) is 29.0. The van der Waals surface area contributed by atoms with Gasteiger partial charge in [-0.3, -0.25) is 0 Å². The van der Waals surface area contributed by atoms with E-state index in [1.165, 1.54) is 35.1 Å². The number of hydrogen-bond acceptors (Lipinski definition) is 6. The van der Waals surface area contributed by atoms with Gasteiger partial charge in [-0.25, -0.2) is 0 Å². The molecule has 14 heteroatoms. The van der Waals surface area contributed by atoms with E-state index < -0.39 is 47.4 Å². The van der Waals surface area contributed by atoms with Gasteiger partial charge in [0.05, 0.1) is 5.41 Å². The number of benzene rings is 1. The van der Waals surface area contributed by atoms with Crippen LogP contribution in [0.5, 0.6) is 5.88 Å². The van der Waals surface area contributed by atoms with Crippen molar-refractivity contribution >= 4 is 45.2 Å². The standard InChI is InChI=1S/C23H26ClF3GeN4O4S/c1-22(2,23(25,26)27)14-36-19-11-12-32(30-19)18-10-9-17(20(24)29-18)21(33)31-37(34,35)16-8-6-7-15(13-16)28(3,4)5/h6-13H,14H2,1-5H3,(H,31,33). The van der Waals surface area contributed by atoms with E-state index in [-0.39, 0.29) is 27.3 Å². The third-order valence-corrected chi connectivity index (χ3v) is 11.4. The van der Waals surface area contributed by atoms with E-state index in [4.69, 9.17) is 16.3 Å². The quantitative estimate of drug-likeness (QED) is 0.293. The van der Waals surface area contributed by atoms with Gasteiger partial charge in [0.2, 0.25) is 5.88 Å². The normalized spacial score (nSPS) is 12.9. The average molecular weight is 620 g/mol. The zero-order valence-electron chi connectivity index (χ0n) is 20.7. The van der Waals surface area contributed by atoms with Crippen molar-refractivity contribution in [3.8, 4) is 11.7 Å². The third kappa shape index (κ3) is 6.85. The molecule has 0 saturated carbocycles. The molecule has 0 fully saturated rings. The van der Waals surface area contributed by atoms with Crippen LogP contribution in [-0.4, -0.2) is 55.1 Å². The van der Waals surface area contributed by atoms with Crippen molar-refractivity contribution < 1.29 is 31.1 Å². The summed E-state index contributed by atoms with van der Waals surface area (Å²) in [5.74, 6) is 5.47. The van der Waals surface area contributed by atoms with Crippen LogP contribution in [0.3, 0.4) is 0 Å². The summed E-state index contributed by atoms with van der Waals surface area (Å²) in [7, 11) is -4.17. The number of amides is 1. The van der Waals surface area contributed by atoms with Crippen LogP contribution in [0.2, 0.25) is 22.4 Å². The summed E-state index contributed by atoms with van der Waals surface area (Å²) in [6.07, 6.45) is -3.06. The molecule has 2 heterocycles. The van der Waals surface area contributed by atoms with Crippen LogP contribution in [-0.2, 0) is 10.0 Å². The van der Waals surface area contributed by atoms with Crippen LogP contribution in [0, 0.1) is 5.41 Å². The number of rotatable bonds is 8. The summed E-state index contributed by atoms with van der Waals surface area (Å²) in [4.78, 5) is 16.7. The van der Waals surface area contributed by atoms with Crippen LogP contribution in [0.25, 0.3) is 5.82 Å².